The molecule has 3 aromatic carbocycles. The standard InChI is InChI=1S/C27H29N3O5S/c1-2-30(19-9-10-20-36(33,34)35)24-17-15-23(16-18-24)28-25(26(31)21-11-5-3-6-12-21)27(32)29-22-13-7-4-8-14-22/h3-8,11-18H,2,9-10,19-20H2,1H3,(H,29,32)(H,33,34,35). The number of nitrogens with zero attached hydrogens (tertiary/aromatic N) is 2. The number of rotatable bonds is 12. The zero-order chi connectivity index (χ0) is 26.0. The first-order valence-electron chi connectivity index (χ1n) is 11.6. The molecule has 0 heterocycles. The van der Waals surface area contributed by atoms with Crippen molar-refractivity contribution in [2.75, 3.05) is 29.1 Å². The minimum Gasteiger partial charge on any atom is -0.372 e. The molecule has 0 saturated heterocycles. The van der Waals surface area contributed by atoms with Gasteiger partial charge in [0.15, 0.2) is 5.71 Å². The monoisotopic (exact) mass is 507 g/mol. The van der Waals surface area contributed by atoms with Crippen LogP contribution in [0.1, 0.15) is 30.1 Å². The summed E-state index contributed by atoms with van der Waals surface area (Å²) < 4.78 is 30.7. The topological polar surface area (TPSA) is 116 Å². The Morgan fingerprint density at radius 2 is 1.50 bits per heavy atom. The molecule has 1 amide bonds. The van der Waals surface area contributed by atoms with E-state index in [1.165, 1.54) is 0 Å². The number of unbranched alkanes of at least 4 members (excludes halogenated alkanes) is 1. The van der Waals surface area contributed by atoms with E-state index in [1.807, 2.05) is 25.1 Å². The van der Waals surface area contributed by atoms with Gasteiger partial charge < -0.3 is 10.2 Å². The summed E-state index contributed by atoms with van der Waals surface area (Å²) in [7, 11) is -3.96. The second kappa shape index (κ2) is 12.8. The van der Waals surface area contributed by atoms with Gasteiger partial charge in [-0.2, -0.15) is 8.42 Å². The number of amides is 1. The van der Waals surface area contributed by atoms with Crippen LogP contribution < -0.4 is 10.2 Å². The van der Waals surface area contributed by atoms with E-state index in [2.05, 4.69) is 15.2 Å². The van der Waals surface area contributed by atoms with Crippen LogP contribution in [0.2, 0.25) is 0 Å². The van der Waals surface area contributed by atoms with Gasteiger partial charge in [0.05, 0.1) is 11.4 Å². The van der Waals surface area contributed by atoms with Crippen LogP contribution in [0.15, 0.2) is 89.9 Å². The van der Waals surface area contributed by atoms with Crippen LogP contribution in [0.25, 0.3) is 0 Å². The lowest BCUT2D eigenvalue weighted by molar-refractivity contribution is -0.110. The Morgan fingerprint density at radius 3 is 2.08 bits per heavy atom. The molecule has 0 radical (unpaired) electrons. The van der Waals surface area contributed by atoms with Crippen LogP contribution >= 0.6 is 0 Å². The molecule has 0 atom stereocenters. The summed E-state index contributed by atoms with van der Waals surface area (Å²) in [6.45, 7) is 3.30. The lowest BCUT2D eigenvalue weighted by Gasteiger charge is -2.23. The number of para-hydroxylation sites is 1. The Balaban J connectivity index is 1.80. The SMILES string of the molecule is CCN(CCCCS(=O)(=O)O)c1ccc(N=C(C(=O)Nc2ccccc2)C(=O)c2ccccc2)cc1. The highest BCUT2D eigenvalue weighted by Gasteiger charge is 2.22. The minimum absolute atomic E-state index is 0.227. The van der Waals surface area contributed by atoms with Crippen molar-refractivity contribution in [2.24, 2.45) is 4.99 Å². The van der Waals surface area contributed by atoms with Gasteiger partial charge in [-0.25, -0.2) is 4.99 Å². The number of anilines is 2. The van der Waals surface area contributed by atoms with Gasteiger partial charge in [0.2, 0.25) is 5.78 Å². The zero-order valence-corrected chi connectivity index (χ0v) is 20.8. The summed E-state index contributed by atoms with van der Waals surface area (Å²) in [5.41, 5.74) is 2.03. The van der Waals surface area contributed by atoms with Gasteiger partial charge in [0, 0.05) is 30.0 Å². The molecule has 2 N–H and O–H groups in total. The number of carbonyl (C=O) groups is 2. The number of hydrogen-bond donors (Lipinski definition) is 2. The fourth-order valence-electron chi connectivity index (χ4n) is 3.57. The average Bonchev–Trinajstić information content (AvgIpc) is 2.88. The average molecular weight is 508 g/mol. The maximum atomic E-state index is 13.2. The zero-order valence-electron chi connectivity index (χ0n) is 20.0. The largest absolute Gasteiger partial charge is 0.372 e. The van der Waals surface area contributed by atoms with Gasteiger partial charge in [-0.3, -0.25) is 14.1 Å². The highest BCUT2D eigenvalue weighted by Crippen LogP contribution is 2.21. The Bertz CT molecular complexity index is 1290. The molecule has 8 nitrogen and oxygen atoms in total. The fourth-order valence-corrected chi connectivity index (χ4v) is 4.14. The number of benzene rings is 3. The molecule has 0 aliphatic heterocycles. The van der Waals surface area contributed by atoms with Crippen LogP contribution in [0, 0.1) is 0 Å². The molecule has 0 aliphatic carbocycles. The van der Waals surface area contributed by atoms with Crippen molar-refractivity contribution >= 4 is 44.6 Å². The van der Waals surface area contributed by atoms with E-state index in [9.17, 15) is 18.0 Å². The number of carbonyl (C=O) groups excluding carboxylic acids is 2. The first-order chi connectivity index (χ1) is 17.3. The smallest absolute Gasteiger partial charge is 0.278 e. The molecule has 0 unspecified atom stereocenters. The molecule has 0 saturated carbocycles. The van der Waals surface area contributed by atoms with E-state index in [0.717, 1.165) is 5.69 Å². The summed E-state index contributed by atoms with van der Waals surface area (Å²) in [6.07, 6.45) is 0.960. The molecule has 188 valence electrons. The first-order valence-corrected chi connectivity index (χ1v) is 13.2. The third-order valence-electron chi connectivity index (χ3n) is 5.42. The Hall–Kier alpha value is -3.82. The van der Waals surface area contributed by atoms with Crippen molar-refractivity contribution in [1.82, 2.24) is 0 Å². The predicted octanol–water partition coefficient (Wildman–Crippen LogP) is 4.78. The summed E-state index contributed by atoms with van der Waals surface area (Å²) in [5.74, 6) is -1.35. The number of nitrogens with one attached hydrogen (secondary N) is 1. The highest BCUT2D eigenvalue weighted by molar-refractivity contribution is 7.85. The molecule has 3 aromatic rings. The highest BCUT2D eigenvalue weighted by atomic mass is 32.2. The van der Waals surface area contributed by atoms with E-state index in [0.29, 0.717) is 42.9 Å². The quantitative estimate of drug-likeness (QED) is 0.120. The third-order valence-corrected chi connectivity index (χ3v) is 6.22. The predicted molar refractivity (Wildman–Crippen MR) is 143 cm³/mol. The van der Waals surface area contributed by atoms with Crippen molar-refractivity contribution in [3.63, 3.8) is 0 Å². The van der Waals surface area contributed by atoms with Crippen LogP contribution in [-0.2, 0) is 14.9 Å². The molecule has 0 fully saturated rings. The lowest BCUT2D eigenvalue weighted by Crippen LogP contribution is -2.30. The number of Topliss-reactive ketones (excluding diaryl/α,β-unsaturated/α-hetero) is 1. The van der Waals surface area contributed by atoms with Gasteiger partial charge >= 0.3 is 0 Å². The Labute approximate surface area is 211 Å². The van der Waals surface area contributed by atoms with Gasteiger partial charge in [0.1, 0.15) is 0 Å². The van der Waals surface area contributed by atoms with Crippen LogP contribution in [-0.4, -0.2) is 49.2 Å². The van der Waals surface area contributed by atoms with Crippen LogP contribution in [0.4, 0.5) is 17.1 Å². The van der Waals surface area contributed by atoms with Crippen molar-refractivity contribution in [1.29, 1.82) is 0 Å². The Kier molecular flexibility index (Phi) is 9.49. The van der Waals surface area contributed by atoms with Crippen molar-refractivity contribution in [3.05, 3.63) is 90.5 Å². The van der Waals surface area contributed by atoms with Crippen molar-refractivity contribution < 1.29 is 22.6 Å². The Morgan fingerprint density at radius 1 is 0.889 bits per heavy atom. The van der Waals surface area contributed by atoms with E-state index >= 15 is 0 Å². The van der Waals surface area contributed by atoms with Crippen molar-refractivity contribution in [3.8, 4) is 0 Å². The maximum Gasteiger partial charge on any atom is 0.278 e. The number of ketones is 1. The van der Waals surface area contributed by atoms with Crippen LogP contribution in [0.3, 0.4) is 0 Å². The summed E-state index contributed by atoms with van der Waals surface area (Å²) in [5, 5.41) is 2.73. The molecule has 9 heteroatoms. The third kappa shape index (κ3) is 8.14. The van der Waals surface area contributed by atoms with Gasteiger partial charge in [0.25, 0.3) is 16.0 Å². The molecule has 0 aliphatic rings. The molecular weight excluding hydrogens is 478 g/mol. The van der Waals surface area contributed by atoms with Gasteiger partial charge in [-0.1, -0.05) is 48.5 Å². The van der Waals surface area contributed by atoms with E-state index < -0.39 is 21.8 Å². The summed E-state index contributed by atoms with van der Waals surface area (Å²) in [6, 6.07) is 24.5. The fraction of sp³-hybridized carbons (Fsp3) is 0.222. The molecule has 36 heavy (non-hydrogen) atoms. The normalized spacial score (nSPS) is 11.7. The number of aliphatic imine (C=N–C) groups is 1. The molecular formula is C27H29N3O5S. The summed E-state index contributed by atoms with van der Waals surface area (Å²) in [4.78, 5) is 32.7. The molecule has 0 aromatic heterocycles. The van der Waals surface area contributed by atoms with E-state index in [1.54, 1.807) is 66.7 Å². The van der Waals surface area contributed by atoms with Gasteiger partial charge in [-0.15, -0.1) is 0 Å². The second-order valence-corrected chi connectivity index (χ2v) is 9.64. The molecule has 3 rings (SSSR count). The van der Waals surface area contributed by atoms with E-state index in [4.69, 9.17) is 4.55 Å². The summed E-state index contributed by atoms with van der Waals surface area (Å²) >= 11 is 0. The van der Waals surface area contributed by atoms with E-state index in [-0.39, 0.29) is 11.5 Å². The minimum atomic E-state index is -3.96. The molecule has 0 spiro atoms. The van der Waals surface area contributed by atoms with Crippen LogP contribution in [0.5, 0.6) is 0 Å². The van der Waals surface area contributed by atoms with Crippen molar-refractivity contribution in [2.45, 2.75) is 19.8 Å². The molecule has 0 bridgehead atoms. The second-order valence-electron chi connectivity index (χ2n) is 8.06. The van der Waals surface area contributed by atoms with Gasteiger partial charge in [-0.05, 0) is 56.2 Å². The number of hydrogen-bond acceptors (Lipinski definition) is 6. The first kappa shape index (κ1) is 26.8. The lowest BCUT2D eigenvalue weighted by atomic mass is 10.1. The maximum absolute atomic E-state index is 13.2.